The third-order valence-corrected chi connectivity index (χ3v) is 3.58. The Labute approximate surface area is 120 Å². The minimum atomic E-state index is 0.166. The average molecular weight is 266 g/mol. The van der Waals surface area contributed by atoms with Crippen molar-refractivity contribution in [1.82, 2.24) is 0 Å². The second kappa shape index (κ2) is 15.5. The number of hydrogen-bond acceptors (Lipinski definition) is 1. The Hall–Kier alpha value is -0.590. The smallest absolute Gasteiger partial charge is 0.152 e. The summed E-state index contributed by atoms with van der Waals surface area (Å²) in [6.07, 6.45) is 21.4. The van der Waals surface area contributed by atoms with E-state index in [1.807, 2.05) is 6.08 Å². The van der Waals surface area contributed by atoms with Crippen LogP contribution in [0.2, 0.25) is 0 Å². The largest absolute Gasteiger partial charge is 0.295 e. The van der Waals surface area contributed by atoms with E-state index in [0.29, 0.717) is 0 Å². The molecule has 0 aromatic rings. The van der Waals surface area contributed by atoms with E-state index >= 15 is 0 Å². The maximum Gasteiger partial charge on any atom is 0.152 e. The Kier molecular flexibility index (Phi) is 15.0. The molecular formula is C18H34O. The average Bonchev–Trinajstić information content (AvgIpc) is 2.39. The molecule has 0 amide bonds. The van der Waals surface area contributed by atoms with Crippen molar-refractivity contribution in [3.8, 4) is 0 Å². The zero-order chi connectivity index (χ0) is 14.2. The van der Waals surface area contributed by atoms with Gasteiger partial charge in [-0.3, -0.25) is 4.79 Å². The number of carbonyl (C=O) groups is 1. The van der Waals surface area contributed by atoms with E-state index in [0.717, 1.165) is 6.42 Å². The van der Waals surface area contributed by atoms with E-state index in [9.17, 15) is 4.79 Å². The molecule has 0 saturated heterocycles. The van der Waals surface area contributed by atoms with Crippen LogP contribution in [0.4, 0.5) is 0 Å². The number of carbonyl (C=O) groups excluding carboxylic acids is 1. The quantitative estimate of drug-likeness (QED) is 0.269. The van der Waals surface area contributed by atoms with Crippen LogP contribution in [-0.2, 0) is 4.79 Å². The molecule has 0 saturated carbocycles. The monoisotopic (exact) mass is 266 g/mol. The number of unbranched alkanes of at least 4 members (excludes halogenated alkanes) is 12. The van der Waals surface area contributed by atoms with Gasteiger partial charge in [0, 0.05) is 0 Å². The predicted octanol–water partition coefficient (Wildman–Crippen LogP) is 6.22. The molecule has 0 aliphatic carbocycles. The lowest BCUT2D eigenvalue weighted by Crippen LogP contribution is -1.83. The summed E-state index contributed by atoms with van der Waals surface area (Å²) in [6.45, 7) is 3.88. The third kappa shape index (κ3) is 17.4. The molecule has 0 heterocycles. The molecule has 1 nitrogen and oxygen atoms in total. The predicted molar refractivity (Wildman–Crippen MR) is 85.5 cm³/mol. The number of rotatable bonds is 14. The normalized spacial score (nSPS) is 11.3. The van der Waals surface area contributed by atoms with Crippen LogP contribution in [0.3, 0.4) is 0 Å². The Morgan fingerprint density at radius 3 is 1.58 bits per heavy atom. The van der Waals surface area contributed by atoms with E-state index < -0.39 is 0 Å². The van der Waals surface area contributed by atoms with Gasteiger partial charge in [-0.15, -0.1) is 0 Å². The molecular weight excluding hydrogens is 232 g/mol. The number of hydrogen-bond donors (Lipinski definition) is 0. The maximum absolute atomic E-state index is 10.7. The summed E-state index contributed by atoms with van der Waals surface area (Å²) in [6, 6.07) is 0. The summed E-state index contributed by atoms with van der Waals surface area (Å²) in [7, 11) is 0. The van der Waals surface area contributed by atoms with Crippen LogP contribution >= 0.6 is 0 Å². The van der Waals surface area contributed by atoms with Crippen LogP contribution in [-0.4, -0.2) is 5.78 Å². The van der Waals surface area contributed by atoms with Crippen LogP contribution < -0.4 is 0 Å². The Balaban J connectivity index is 3.01. The van der Waals surface area contributed by atoms with Crippen molar-refractivity contribution in [3.63, 3.8) is 0 Å². The van der Waals surface area contributed by atoms with E-state index in [4.69, 9.17) is 0 Å². The van der Waals surface area contributed by atoms with Crippen LogP contribution in [0.5, 0.6) is 0 Å². The standard InChI is InChI=1S/C18H34O/c1-3-4-5-6-7-8-9-10-11-12-13-14-15-16-17-18(2)19/h16-17H,3-15H2,1-2H3/b17-16-. The first-order chi connectivity index (χ1) is 9.27. The Morgan fingerprint density at radius 2 is 1.16 bits per heavy atom. The molecule has 0 rings (SSSR count). The van der Waals surface area contributed by atoms with Crippen LogP contribution in [0.1, 0.15) is 97.3 Å². The van der Waals surface area contributed by atoms with Gasteiger partial charge in [0.05, 0.1) is 0 Å². The molecule has 0 aromatic carbocycles. The van der Waals surface area contributed by atoms with Crippen molar-refractivity contribution in [2.24, 2.45) is 0 Å². The van der Waals surface area contributed by atoms with E-state index in [1.165, 1.54) is 77.0 Å². The molecule has 0 aliphatic rings. The minimum Gasteiger partial charge on any atom is -0.295 e. The van der Waals surface area contributed by atoms with Crippen molar-refractivity contribution in [3.05, 3.63) is 12.2 Å². The summed E-state index contributed by atoms with van der Waals surface area (Å²) in [5, 5.41) is 0. The minimum absolute atomic E-state index is 0.166. The Morgan fingerprint density at radius 1 is 0.737 bits per heavy atom. The maximum atomic E-state index is 10.7. The summed E-state index contributed by atoms with van der Waals surface area (Å²) >= 11 is 0. The second-order valence-corrected chi connectivity index (χ2v) is 5.69. The van der Waals surface area contributed by atoms with E-state index in [1.54, 1.807) is 13.0 Å². The highest BCUT2D eigenvalue weighted by Gasteiger charge is 1.93. The van der Waals surface area contributed by atoms with Gasteiger partial charge < -0.3 is 0 Å². The fourth-order valence-electron chi connectivity index (χ4n) is 2.35. The van der Waals surface area contributed by atoms with Gasteiger partial charge in [-0.1, -0.05) is 83.6 Å². The van der Waals surface area contributed by atoms with E-state index in [-0.39, 0.29) is 5.78 Å². The van der Waals surface area contributed by atoms with Crippen LogP contribution in [0.25, 0.3) is 0 Å². The molecule has 0 N–H and O–H groups in total. The highest BCUT2D eigenvalue weighted by molar-refractivity contribution is 5.87. The van der Waals surface area contributed by atoms with Gasteiger partial charge in [0.25, 0.3) is 0 Å². The van der Waals surface area contributed by atoms with Gasteiger partial charge >= 0.3 is 0 Å². The van der Waals surface area contributed by atoms with Crippen molar-refractivity contribution in [2.75, 3.05) is 0 Å². The number of allylic oxidation sites excluding steroid dienone is 2. The first kappa shape index (κ1) is 18.4. The van der Waals surface area contributed by atoms with Gasteiger partial charge in [-0.05, 0) is 25.8 Å². The molecule has 0 aliphatic heterocycles. The summed E-state index contributed by atoms with van der Waals surface area (Å²) in [5.41, 5.74) is 0. The van der Waals surface area contributed by atoms with E-state index in [2.05, 4.69) is 6.92 Å². The van der Waals surface area contributed by atoms with Crippen molar-refractivity contribution in [1.29, 1.82) is 0 Å². The molecule has 0 bridgehead atoms. The molecule has 19 heavy (non-hydrogen) atoms. The molecule has 0 aromatic heterocycles. The SMILES string of the molecule is CCCCCCCCCCCCCC/C=C\C(C)=O. The van der Waals surface area contributed by atoms with Gasteiger partial charge in [0.1, 0.15) is 0 Å². The first-order valence-corrected chi connectivity index (χ1v) is 8.44. The Bertz CT molecular complexity index is 218. The molecule has 1 heteroatoms. The third-order valence-electron chi connectivity index (χ3n) is 3.58. The zero-order valence-electron chi connectivity index (χ0n) is 13.3. The van der Waals surface area contributed by atoms with Crippen molar-refractivity contribution >= 4 is 5.78 Å². The summed E-state index contributed by atoms with van der Waals surface area (Å²) in [5.74, 6) is 0.166. The van der Waals surface area contributed by atoms with Crippen molar-refractivity contribution in [2.45, 2.75) is 97.3 Å². The van der Waals surface area contributed by atoms with Crippen molar-refractivity contribution < 1.29 is 4.79 Å². The lowest BCUT2D eigenvalue weighted by atomic mass is 10.0. The molecule has 112 valence electrons. The van der Waals surface area contributed by atoms with Gasteiger partial charge in [0.15, 0.2) is 5.78 Å². The second-order valence-electron chi connectivity index (χ2n) is 5.69. The lowest BCUT2D eigenvalue weighted by Gasteiger charge is -2.02. The zero-order valence-corrected chi connectivity index (χ0v) is 13.3. The summed E-state index contributed by atoms with van der Waals surface area (Å²) < 4.78 is 0. The van der Waals surface area contributed by atoms with Crippen LogP contribution in [0, 0.1) is 0 Å². The fourth-order valence-corrected chi connectivity index (χ4v) is 2.35. The lowest BCUT2D eigenvalue weighted by molar-refractivity contribution is -0.112. The number of ketones is 1. The van der Waals surface area contributed by atoms with Crippen LogP contribution in [0.15, 0.2) is 12.2 Å². The molecule has 0 radical (unpaired) electrons. The highest BCUT2D eigenvalue weighted by atomic mass is 16.1. The highest BCUT2D eigenvalue weighted by Crippen LogP contribution is 2.12. The van der Waals surface area contributed by atoms with Gasteiger partial charge in [-0.25, -0.2) is 0 Å². The van der Waals surface area contributed by atoms with Gasteiger partial charge in [-0.2, -0.15) is 0 Å². The topological polar surface area (TPSA) is 17.1 Å². The molecule has 0 fully saturated rings. The summed E-state index contributed by atoms with van der Waals surface area (Å²) in [4.78, 5) is 10.7. The van der Waals surface area contributed by atoms with Gasteiger partial charge in [0.2, 0.25) is 0 Å². The molecule has 0 atom stereocenters. The first-order valence-electron chi connectivity index (χ1n) is 8.44. The molecule has 0 unspecified atom stereocenters. The molecule has 0 spiro atoms. The fraction of sp³-hybridized carbons (Fsp3) is 0.833.